The lowest BCUT2D eigenvalue weighted by Crippen LogP contribution is -2.42. The number of piperidine rings is 1. The van der Waals surface area contributed by atoms with E-state index in [4.69, 9.17) is 0 Å². The summed E-state index contributed by atoms with van der Waals surface area (Å²) < 4.78 is 97.1. The minimum Gasteiger partial charge on any atom is -0.368 e. The molecule has 5 rings (SSSR count). The van der Waals surface area contributed by atoms with E-state index in [1.165, 1.54) is 15.8 Å². The molecule has 17 heteroatoms. The number of nitriles is 1. The normalized spacial score (nSPS) is 16.1. The molecule has 1 aliphatic rings. The maximum Gasteiger partial charge on any atom is 0.521 e. The summed E-state index contributed by atoms with van der Waals surface area (Å²) in [6, 6.07) is 3.35. The third-order valence-electron chi connectivity index (χ3n) is 6.13. The van der Waals surface area contributed by atoms with Gasteiger partial charge in [-0.05, 0) is 12.1 Å². The molecule has 1 saturated heterocycles. The monoisotopic (exact) mass is 540 g/mol. The van der Waals surface area contributed by atoms with Gasteiger partial charge in [0.1, 0.15) is 23.6 Å². The Kier molecular flexibility index (Phi) is 5.72. The standard InChI is InChI=1S/C21H15F7N10/c1-36-10-31-33-18(36)19(22)2-4-37(5-3-19)16-11(8-29)7-14(20(23,24)25)32-15(16)12-6-13-17(30-9-12)35-38(34-13)21(26,27)28/h6-7,9-10H,2-5H2,1H3. The second-order valence-electron chi connectivity index (χ2n) is 8.60. The van der Waals surface area contributed by atoms with E-state index in [1.54, 1.807) is 13.1 Å². The van der Waals surface area contributed by atoms with Crippen molar-refractivity contribution in [3.05, 3.63) is 41.7 Å². The maximum absolute atomic E-state index is 15.7. The van der Waals surface area contributed by atoms with Crippen LogP contribution in [0.15, 0.2) is 24.7 Å². The van der Waals surface area contributed by atoms with E-state index in [0.717, 1.165) is 12.3 Å². The average molecular weight is 540 g/mol. The van der Waals surface area contributed by atoms with E-state index in [9.17, 15) is 31.6 Å². The predicted octanol–water partition coefficient (Wildman–Crippen LogP) is 3.85. The molecule has 0 aliphatic carbocycles. The molecule has 0 radical (unpaired) electrons. The van der Waals surface area contributed by atoms with Crippen molar-refractivity contribution in [3.8, 4) is 17.3 Å². The van der Waals surface area contributed by atoms with Crippen LogP contribution in [-0.2, 0) is 25.2 Å². The molecule has 10 nitrogen and oxygen atoms in total. The predicted molar refractivity (Wildman–Crippen MR) is 115 cm³/mol. The van der Waals surface area contributed by atoms with Crippen LogP contribution >= 0.6 is 0 Å². The lowest BCUT2D eigenvalue weighted by atomic mass is 9.91. The fourth-order valence-electron chi connectivity index (χ4n) is 4.34. The summed E-state index contributed by atoms with van der Waals surface area (Å²) >= 11 is 0. The number of halogens is 7. The zero-order valence-corrected chi connectivity index (χ0v) is 19.3. The zero-order valence-electron chi connectivity index (χ0n) is 19.3. The zero-order chi connectivity index (χ0) is 27.5. The van der Waals surface area contributed by atoms with Gasteiger partial charge >= 0.3 is 12.5 Å². The number of aromatic nitrogens is 8. The first-order valence-electron chi connectivity index (χ1n) is 10.9. The maximum atomic E-state index is 15.7. The molecule has 0 saturated carbocycles. The molecular formula is C21H15F7N10. The Morgan fingerprint density at radius 2 is 1.76 bits per heavy atom. The Bertz CT molecular complexity index is 1560. The molecule has 0 aromatic carbocycles. The van der Waals surface area contributed by atoms with Gasteiger partial charge in [-0.2, -0.15) is 18.4 Å². The molecular weight excluding hydrogens is 525 g/mol. The van der Waals surface area contributed by atoms with Crippen LogP contribution in [0.1, 0.15) is 29.9 Å². The van der Waals surface area contributed by atoms with E-state index >= 15 is 4.39 Å². The summed E-state index contributed by atoms with van der Waals surface area (Å²) in [5, 5.41) is 23.8. The van der Waals surface area contributed by atoms with E-state index in [0.29, 0.717) is 6.07 Å². The largest absolute Gasteiger partial charge is 0.521 e. The number of aryl methyl sites for hydroxylation is 1. The third kappa shape index (κ3) is 4.35. The molecule has 4 aromatic heterocycles. The van der Waals surface area contributed by atoms with Crippen LogP contribution in [-0.4, -0.2) is 52.8 Å². The average Bonchev–Trinajstić information content (AvgIpc) is 3.49. The number of hydrogen-bond donors (Lipinski definition) is 0. The molecule has 0 amide bonds. The van der Waals surface area contributed by atoms with Crippen molar-refractivity contribution in [2.24, 2.45) is 7.05 Å². The number of pyridine rings is 2. The molecule has 0 atom stereocenters. The van der Waals surface area contributed by atoms with Crippen LogP contribution in [0.3, 0.4) is 0 Å². The summed E-state index contributed by atoms with van der Waals surface area (Å²) in [4.78, 5) is 8.49. The van der Waals surface area contributed by atoms with Crippen LogP contribution in [0, 0.1) is 11.3 Å². The number of nitrogens with zero attached hydrogens (tertiary/aromatic N) is 10. The topological polar surface area (TPSA) is 114 Å². The molecule has 0 bridgehead atoms. The van der Waals surface area contributed by atoms with Gasteiger partial charge < -0.3 is 9.47 Å². The second kappa shape index (κ2) is 8.60. The highest BCUT2D eigenvalue weighted by Crippen LogP contribution is 2.42. The van der Waals surface area contributed by atoms with Crippen molar-refractivity contribution in [2.75, 3.05) is 18.0 Å². The smallest absolute Gasteiger partial charge is 0.368 e. The molecule has 0 spiro atoms. The Balaban J connectivity index is 1.61. The molecule has 0 unspecified atom stereocenters. The van der Waals surface area contributed by atoms with Crippen molar-refractivity contribution in [3.63, 3.8) is 0 Å². The molecule has 5 heterocycles. The van der Waals surface area contributed by atoms with Crippen LogP contribution in [0.25, 0.3) is 22.4 Å². The molecule has 4 aromatic rings. The molecule has 38 heavy (non-hydrogen) atoms. The Hall–Kier alpha value is -4.36. The quantitative estimate of drug-likeness (QED) is 0.360. The fraction of sp³-hybridized carbons (Fsp3) is 0.381. The van der Waals surface area contributed by atoms with Crippen molar-refractivity contribution < 1.29 is 30.7 Å². The first-order chi connectivity index (χ1) is 17.8. The van der Waals surface area contributed by atoms with Crippen molar-refractivity contribution >= 4 is 16.9 Å². The first kappa shape index (κ1) is 25.3. The summed E-state index contributed by atoms with van der Waals surface area (Å²) in [7, 11) is 1.58. The highest BCUT2D eigenvalue weighted by atomic mass is 19.4. The van der Waals surface area contributed by atoms with Crippen LogP contribution in [0.5, 0.6) is 0 Å². The molecule has 1 fully saturated rings. The fourth-order valence-corrected chi connectivity index (χ4v) is 4.34. The van der Waals surface area contributed by atoms with Gasteiger partial charge in [0, 0.05) is 44.7 Å². The van der Waals surface area contributed by atoms with E-state index in [2.05, 4.69) is 30.4 Å². The highest BCUT2D eigenvalue weighted by molar-refractivity contribution is 5.84. The van der Waals surface area contributed by atoms with E-state index < -0.39 is 39.8 Å². The van der Waals surface area contributed by atoms with E-state index in [-0.39, 0.29) is 54.2 Å². The SMILES string of the molecule is Cn1cnnc1C1(F)CCN(c2c(C#N)cc(C(F)(F)F)nc2-c2cnc3nn(C(F)(F)F)nc3c2)CC1. The van der Waals surface area contributed by atoms with Gasteiger partial charge in [-0.15, -0.1) is 33.6 Å². The van der Waals surface area contributed by atoms with Gasteiger partial charge in [-0.25, -0.2) is 14.4 Å². The molecule has 0 N–H and O–H groups in total. The minimum absolute atomic E-state index is 0.0297. The Labute approximate surface area is 208 Å². The Morgan fingerprint density at radius 3 is 2.34 bits per heavy atom. The third-order valence-corrected chi connectivity index (χ3v) is 6.13. The van der Waals surface area contributed by atoms with Gasteiger partial charge in [-0.3, -0.25) is 0 Å². The highest BCUT2D eigenvalue weighted by Gasteiger charge is 2.42. The first-order valence-corrected chi connectivity index (χ1v) is 10.9. The minimum atomic E-state index is -4.94. The summed E-state index contributed by atoms with van der Waals surface area (Å²) in [5.41, 5.74) is -4.94. The van der Waals surface area contributed by atoms with Gasteiger partial charge in [0.2, 0.25) is 5.65 Å². The van der Waals surface area contributed by atoms with Gasteiger partial charge in [-0.1, -0.05) is 4.80 Å². The Morgan fingerprint density at radius 1 is 1.05 bits per heavy atom. The second-order valence-corrected chi connectivity index (χ2v) is 8.60. The van der Waals surface area contributed by atoms with Gasteiger partial charge in [0.05, 0.1) is 16.9 Å². The lowest BCUT2D eigenvalue weighted by Gasteiger charge is -2.38. The number of alkyl halides is 7. The van der Waals surface area contributed by atoms with E-state index in [1.807, 2.05) is 0 Å². The van der Waals surface area contributed by atoms with Gasteiger partial charge in [0.15, 0.2) is 11.5 Å². The van der Waals surface area contributed by atoms with Crippen LogP contribution < -0.4 is 4.90 Å². The number of anilines is 1. The van der Waals surface area contributed by atoms with Crippen molar-refractivity contribution in [1.82, 2.24) is 39.7 Å². The summed E-state index contributed by atoms with van der Waals surface area (Å²) in [6.07, 6.45) is -7.79. The molecule has 1 aliphatic heterocycles. The van der Waals surface area contributed by atoms with Gasteiger partial charge in [0.25, 0.3) is 0 Å². The lowest BCUT2D eigenvalue weighted by molar-refractivity contribution is -0.220. The number of rotatable bonds is 3. The number of fused-ring (bicyclic) bond motifs is 1. The number of hydrogen-bond acceptors (Lipinski definition) is 8. The van der Waals surface area contributed by atoms with Crippen molar-refractivity contribution in [1.29, 1.82) is 5.26 Å². The van der Waals surface area contributed by atoms with Crippen LogP contribution in [0.2, 0.25) is 0 Å². The van der Waals surface area contributed by atoms with Crippen LogP contribution in [0.4, 0.5) is 36.4 Å². The summed E-state index contributed by atoms with van der Waals surface area (Å²) in [6.45, 7) is -0.0595. The molecule has 198 valence electrons. The van der Waals surface area contributed by atoms with Crippen molar-refractivity contribution in [2.45, 2.75) is 31.0 Å². The summed E-state index contributed by atoms with van der Waals surface area (Å²) in [5.74, 6) is 0.0887.